The maximum atomic E-state index is 12.3. The van der Waals surface area contributed by atoms with Crippen LogP contribution in [-0.4, -0.2) is 29.0 Å². The Kier molecular flexibility index (Phi) is 6.11. The van der Waals surface area contributed by atoms with E-state index in [-0.39, 0.29) is 6.10 Å². The van der Waals surface area contributed by atoms with Gasteiger partial charge in [-0.3, -0.25) is 25.2 Å². The number of ether oxygens (including phenoxy) is 1. The van der Waals surface area contributed by atoms with Crippen LogP contribution in [0.5, 0.6) is 5.75 Å². The monoisotopic (exact) mass is 372 g/mol. The molecule has 0 saturated heterocycles. The van der Waals surface area contributed by atoms with Gasteiger partial charge in [-0.1, -0.05) is 12.2 Å². The number of hydrogen-bond acceptors (Lipinski definition) is 4. The third kappa shape index (κ3) is 4.87. The molecule has 2 unspecified atom stereocenters. The van der Waals surface area contributed by atoms with Crippen molar-refractivity contribution in [1.82, 2.24) is 10.9 Å². The van der Waals surface area contributed by atoms with Gasteiger partial charge in [0.2, 0.25) is 5.91 Å². The lowest BCUT2D eigenvalue weighted by atomic mass is 9.82. The SMILES string of the molecule is O=C(NNC(=O)C1CC=CCC1C(=O)O)c1ccc(OC2CCCC2)cc1. The number of allylic oxidation sites excluding steroid dienone is 2. The summed E-state index contributed by atoms with van der Waals surface area (Å²) in [6, 6.07) is 6.74. The van der Waals surface area contributed by atoms with Crippen molar-refractivity contribution in [2.45, 2.75) is 44.6 Å². The van der Waals surface area contributed by atoms with Crippen molar-refractivity contribution in [2.75, 3.05) is 0 Å². The molecule has 0 aliphatic heterocycles. The molecule has 3 N–H and O–H groups in total. The second kappa shape index (κ2) is 8.70. The zero-order valence-electron chi connectivity index (χ0n) is 15.0. The van der Waals surface area contributed by atoms with Gasteiger partial charge in [0.15, 0.2) is 0 Å². The Morgan fingerprint density at radius 3 is 2.19 bits per heavy atom. The van der Waals surface area contributed by atoms with Gasteiger partial charge in [-0.2, -0.15) is 0 Å². The Morgan fingerprint density at radius 2 is 1.56 bits per heavy atom. The molecule has 7 heteroatoms. The number of aliphatic carboxylic acids is 1. The first kappa shape index (κ1) is 18.9. The van der Waals surface area contributed by atoms with Crippen molar-refractivity contribution in [2.24, 2.45) is 11.8 Å². The number of carbonyl (C=O) groups excluding carboxylic acids is 2. The zero-order valence-corrected chi connectivity index (χ0v) is 15.0. The number of rotatable bonds is 5. The zero-order chi connectivity index (χ0) is 19.2. The van der Waals surface area contributed by atoms with Gasteiger partial charge >= 0.3 is 5.97 Å². The standard InChI is InChI=1S/C20H24N2O5/c23-18(13-9-11-15(12-10-13)27-14-5-1-2-6-14)21-22-19(24)16-7-3-4-8-17(16)20(25)26/h3-4,9-12,14,16-17H,1-2,5-8H2,(H,21,23)(H,22,24)(H,25,26). The van der Waals surface area contributed by atoms with E-state index >= 15 is 0 Å². The molecule has 3 rings (SSSR count). The van der Waals surface area contributed by atoms with Crippen molar-refractivity contribution in [3.63, 3.8) is 0 Å². The molecule has 1 saturated carbocycles. The summed E-state index contributed by atoms with van der Waals surface area (Å²) in [5, 5.41) is 9.23. The van der Waals surface area contributed by atoms with E-state index < -0.39 is 29.6 Å². The molecule has 1 aromatic carbocycles. The largest absolute Gasteiger partial charge is 0.490 e. The van der Waals surface area contributed by atoms with E-state index in [0.29, 0.717) is 18.4 Å². The Hall–Kier alpha value is -2.83. The second-order valence-corrected chi connectivity index (χ2v) is 6.99. The molecule has 0 heterocycles. The van der Waals surface area contributed by atoms with E-state index in [1.54, 1.807) is 36.4 Å². The number of hydrogen-bond donors (Lipinski definition) is 3. The first-order valence-corrected chi connectivity index (χ1v) is 9.29. The lowest BCUT2D eigenvalue weighted by molar-refractivity contribution is -0.147. The highest BCUT2D eigenvalue weighted by atomic mass is 16.5. The molecular formula is C20H24N2O5. The minimum Gasteiger partial charge on any atom is -0.490 e. The Bertz CT molecular complexity index is 722. The summed E-state index contributed by atoms with van der Waals surface area (Å²) in [5.41, 5.74) is 5.08. The molecule has 2 atom stereocenters. The van der Waals surface area contributed by atoms with Crippen molar-refractivity contribution < 1.29 is 24.2 Å². The first-order chi connectivity index (χ1) is 13.0. The summed E-state index contributed by atoms with van der Waals surface area (Å²) >= 11 is 0. The van der Waals surface area contributed by atoms with Crippen molar-refractivity contribution in [3.8, 4) is 5.75 Å². The molecule has 0 spiro atoms. The number of carboxylic acids is 1. The number of nitrogens with one attached hydrogen (secondary N) is 2. The predicted octanol–water partition coefficient (Wildman–Crippen LogP) is 2.44. The van der Waals surface area contributed by atoms with Crippen LogP contribution >= 0.6 is 0 Å². The summed E-state index contributed by atoms with van der Waals surface area (Å²) in [4.78, 5) is 35.7. The molecular weight excluding hydrogens is 348 g/mol. The number of benzene rings is 1. The molecule has 2 aliphatic carbocycles. The second-order valence-electron chi connectivity index (χ2n) is 6.99. The molecule has 1 fully saturated rings. The molecule has 27 heavy (non-hydrogen) atoms. The van der Waals surface area contributed by atoms with E-state index in [1.807, 2.05) is 0 Å². The van der Waals surface area contributed by atoms with Crippen LogP contribution < -0.4 is 15.6 Å². The summed E-state index contributed by atoms with van der Waals surface area (Å²) in [6.07, 6.45) is 8.93. The molecule has 0 radical (unpaired) electrons. The molecule has 0 bridgehead atoms. The Morgan fingerprint density at radius 1 is 0.926 bits per heavy atom. The van der Waals surface area contributed by atoms with Crippen LogP contribution in [0, 0.1) is 11.8 Å². The Labute approximate surface area is 157 Å². The number of amides is 2. The maximum absolute atomic E-state index is 12.3. The normalized spacial score (nSPS) is 22.2. The van der Waals surface area contributed by atoms with Crippen LogP contribution in [-0.2, 0) is 9.59 Å². The van der Waals surface area contributed by atoms with E-state index in [9.17, 15) is 19.5 Å². The van der Waals surface area contributed by atoms with Gasteiger partial charge in [0.25, 0.3) is 5.91 Å². The topological polar surface area (TPSA) is 105 Å². The Balaban J connectivity index is 1.51. The lowest BCUT2D eigenvalue weighted by Gasteiger charge is -2.24. The summed E-state index contributed by atoms with van der Waals surface area (Å²) in [5.74, 6) is -2.73. The number of carbonyl (C=O) groups is 3. The minimum atomic E-state index is -1.01. The smallest absolute Gasteiger partial charge is 0.307 e. The van der Waals surface area contributed by atoms with Gasteiger partial charge in [-0.05, 0) is 62.8 Å². The van der Waals surface area contributed by atoms with Crippen LogP contribution in [0.2, 0.25) is 0 Å². The molecule has 2 aliphatic rings. The fourth-order valence-corrected chi connectivity index (χ4v) is 3.54. The van der Waals surface area contributed by atoms with Crippen LogP contribution in [0.3, 0.4) is 0 Å². The molecule has 2 amide bonds. The summed E-state index contributed by atoms with van der Waals surface area (Å²) in [6.45, 7) is 0. The molecule has 1 aromatic rings. The fraction of sp³-hybridized carbons (Fsp3) is 0.450. The van der Waals surface area contributed by atoms with Crippen LogP contribution in [0.4, 0.5) is 0 Å². The van der Waals surface area contributed by atoms with Gasteiger partial charge in [0.05, 0.1) is 17.9 Å². The third-order valence-corrected chi connectivity index (χ3v) is 5.11. The van der Waals surface area contributed by atoms with Gasteiger partial charge in [0, 0.05) is 5.56 Å². The van der Waals surface area contributed by atoms with Crippen LogP contribution in [0.1, 0.15) is 48.9 Å². The van der Waals surface area contributed by atoms with Crippen LogP contribution in [0.25, 0.3) is 0 Å². The van der Waals surface area contributed by atoms with Gasteiger partial charge in [-0.25, -0.2) is 0 Å². The van der Waals surface area contributed by atoms with Crippen LogP contribution in [0.15, 0.2) is 36.4 Å². The summed E-state index contributed by atoms with van der Waals surface area (Å²) < 4.78 is 5.86. The van der Waals surface area contributed by atoms with Crippen molar-refractivity contribution in [3.05, 3.63) is 42.0 Å². The average Bonchev–Trinajstić information content (AvgIpc) is 3.19. The minimum absolute atomic E-state index is 0.246. The maximum Gasteiger partial charge on any atom is 0.307 e. The van der Waals surface area contributed by atoms with E-state index in [4.69, 9.17) is 4.74 Å². The van der Waals surface area contributed by atoms with Crippen molar-refractivity contribution in [1.29, 1.82) is 0 Å². The van der Waals surface area contributed by atoms with Gasteiger partial charge in [0.1, 0.15) is 5.75 Å². The predicted molar refractivity (Wildman–Crippen MR) is 97.9 cm³/mol. The number of hydrazine groups is 1. The third-order valence-electron chi connectivity index (χ3n) is 5.11. The highest BCUT2D eigenvalue weighted by Crippen LogP contribution is 2.26. The molecule has 0 aromatic heterocycles. The molecule has 144 valence electrons. The lowest BCUT2D eigenvalue weighted by Crippen LogP contribution is -2.47. The van der Waals surface area contributed by atoms with Gasteiger partial charge < -0.3 is 9.84 Å². The fourth-order valence-electron chi connectivity index (χ4n) is 3.54. The van der Waals surface area contributed by atoms with Crippen molar-refractivity contribution >= 4 is 17.8 Å². The number of carboxylic acid groups (broad SMARTS) is 1. The molecule has 7 nitrogen and oxygen atoms in total. The van der Waals surface area contributed by atoms with E-state index in [2.05, 4.69) is 10.9 Å². The highest BCUT2D eigenvalue weighted by Gasteiger charge is 2.34. The van der Waals surface area contributed by atoms with E-state index in [0.717, 1.165) is 18.6 Å². The average molecular weight is 372 g/mol. The van der Waals surface area contributed by atoms with E-state index in [1.165, 1.54) is 12.8 Å². The summed E-state index contributed by atoms with van der Waals surface area (Å²) in [7, 11) is 0. The first-order valence-electron chi connectivity index (χ1n) is 9.29. The quantitative estimate of drug-likeness (QED) is 0.544. The highest BCUT2D eigenvalue weighted by molar-refractivity contribution is 5.96. The van der Waals surface area contributed by atoms with Gasteiger partial charge in [-0.15, -0.1) is 0 Å².